The molecular formula is C14H18ClNOS. The van der Waals surface area contributed by atoms with Crippen LogP contribution in [-0.4, -0.2) is 23.6 Å². The lowest BCUT2D eigenvalue weighted by Crippen LogP contribution is -2.36. The molecule has 1 aromatic rings. The summed E-state index contributed by atoms with van der Waals surface area (Å²) in [5.41, 5.74) is 1.17. The van der Waals surface area contributed by atoms with E-state index in [0.29, 0.717) is 5.88 Å². The maximum atomic E-state index is 12.2. The number of benzene rings is 1. The van der Waals surface area contributed by atoms with Gasteiger partial charge < -0.3 is 5.32 Å². The van der Waals surface area contributed by atoms with E-state index in [1.165, 1.54) is 10.5 Å². The number of rotatable bonds is 5. The monoisotopic (exact) mass is 283 g/mol. The third kappa shape index (κ3) is 3.21. The zero-order chi connectivity index (χ0) is 13.0. The number of carbonyl (C=O) groups excluding carboxylic acids is 1. The van der Waals surface area contributed by atoms with Gasteiger partial charge >= 0.3 is 0 Å². The molecule has 1 aliphatic rings. The molecule has 1 aromatic carbocycles. The van der Waals surface area contributed by atoms with Gasteiger partial charge in [-0.15, -0.1) is 23.4 Å². The Kier molecular flexibility index (Phi) is 4.95. The van der Waals surface area contributed by atoms with Gasteiger partial charge in [-0.25, -0.2) is 0 Å². The van der Waals surface area contributed by atoms with Crippen LogP contribution >= 0.6 is 23.4 Å². The maximum Gasteiger partial charge on any atom is 0.228 e. The van der Waals surface area contributed by atoms with Gasteiger partial charge in [-0.05, 0) is 31.4 Å². The van der Waals surface area contributed by atoms with Crippen LogP contribution in [0.25, 0.3) is 0 Å². The van der Waals surface area contributed by atoms with Crippen LogP contribution in [0.4, 0.5) is 0 Å². The van der Waals surface area contributed by atoms with Gasteiger partial charge in [-0.1, -0.05) is 18.2 Å². The predicted molar refractivity (Wildman–Crippen MR) is 77.5 cm³/mol. The van der Waals surface area contributed by atoms with Gasteiger partial charge in [0.1, 0.15) is 0 Å². The van der Waals surface area contributed by atoms with Gasteiger partial charge in [0.2, 0.25) is 5.91 Å². The molecule has 4 heteroatoms. The van der Waals surface area contributed by atoms with Crippen LogP contribution in [0.2, 0.25) is 0 Å². The van der Waals surface area contributed by atoms with E-state index in [9.17, 15) is 4.79 Å². The second kappa shape index (κ2) is 6.48. The molecule has 98 valence electrons. The second-order valence-corrected chi connectivity index (χ2v) is 6.08. The topological polar surface area (TPSA) is 29.1 Å². The number of hydrogen-bond donors (Lipinski definition) is 1. The van der Waals surface area contributed by atoms with Crippen LogP contribution in [0.5, 0.6) is 0 Å². The number of alkyl halides is 1. The van der Waals surface area contributed by atoms with Crippen molar-refractivity contribution in [2.75, 3.05) is 11.6 Å². The number of fused-ring (bicyclic) bond motifs is 1. The number of halogens is 1. The Labute approximate surface area is 117 Å². The molecule has 0 radical (unpaired) electrons. The number of hydrogen-bond acceptors (Lipinski definition) is 2. The normalized spacial score (nSPS) is 19.3. The zero-order valence-corrected chi connectivity index (χ0v) is 12.1. The fraction of sp³-hybridized carbons (Fsp3) is 0.500. The molecule has 2 atom stereocenters. The number of thioether (sulfide) groups is 1. The van der Waals surface area contributed by atoms with Crippen LogP contribution in [0.15, 0.2) is 29.2 Å². The number of nitrogens with one attached hydrogen (secondary N) is 1. The van der Waals surface area contributed by atoms with E-state index < -0.39 is 0 Å². The van der Waals surface area contributed by atoms with Gasteiger partial charge in [-0.3, -0.25) is 4.79 Å². The lowest BCUT2D eigenvalue weighted by atomic mass is 10.00. The van der Waals surface area contributed by atoms with Gasteiger partial charge in [0.15, 0.2) is 0 Å². The second-order valence-electron chi connectivity index (χ2n) is 4.64. The highest BCUT2D eigenvalue weighted by molar-refractivity contribution is 7.99. The molecule has 1 heterocycles. The van der Waals surface area contributed by atoms with E-state index >= 15 is 0 Å². The summed E-state index contributed by atoms with van der Waals surface area (Å²) in [6.45, 7) is 2.04. The number of amides is 1. The standard InChI is InChI=1S/C14H18ClNOS/c1-10(5-4-8-15)16-14(17)12-9-18-13-7-3-2-6-11(12)13/h2-3,6-7,10,12H,4-5,8-9H2,1H3,(H,16,17). The SMILES string of the molecule is CC(CCCCl)NC(=O)C1CSc2ccccc21. The molecule has 0 saturated heterocycles. The van der Waals surface area contributed by atoms with Crippen molar-refractivity contribution in [3.8, 4) is 0 Å². The van der Waals surface area contributed by atoms with E-state index in [4.69, 9.17) is 11.6 Å². The van der Waals surface area contributed by atoms with E-state index in [1.807, 2.05) is 19.1 Å². The molecule has 1 amide bonds. The lowest BCUT2D eigenvalue weighted by Gasteiger charge is -2.17. The highest BCUT2D eigenvalue weighted by Crippen LogP contribution is 2.39. The smallest absolute Gasteiger partial charge is 0.228 e. The van der Waals surface area contributed by atoms with Crippen molar-refractivity contribution in [1.29, 1.82) is 0 Å². The fourth-order valence-corrected chi connectivity index (χ4v) is 3.56. The molecule has 1 N–H and O–H groups in total. The average Bonchev–Trinajstić information content (AvgIpc) is 2.80. The molecule has 18 heavy (non-hydrogen) atoms. The van der Waals surface area contributed by atoms with Gasteiger partial charge in [0.05, 0.1) is 5.92 Å². The Morgan fingerprint density at radius 3 is 3.11 bits per heavy atom. The summed E-state index contributed by atoms with van der Waals surface area (Å²) in [5, 5.41) is 3.09. The Balaban J connectivity index is 1.95. The number of carbonyl (C=O) groups is 1. The summed E-state index contributed by atoms with van der Waals surface area (Å²) >= 11 is 7.43. The zero-order valence-electron chi connectivity index (χ0n) is 10.5. The highest BCUT2D eigenvalue weighted by atomic mass is 35.5. The third-order valence-corrected chi connectivity index (χ3v) is 4.63. The summed E-state index contributed by atoms with van der Waals surface area (Å²) in [4.78, 5) is 13.5. The third-order valence-electron chi connectivity index (χ3n) is 3.18. The Morgan fingerprint density at radius 2 is 2.33 bits per heavy atom. The van der Waals surface area contributed by atoms with Crippen molar-refractivity contribution >= 4 is 29.3 Å². The molecular weight excluding hydrogens is 266 g/mol. The minimum atomic E-state index is 0.00431. The van der Waals surface area contributed by atoms with Gasteiger partial charge in [0.25, 0.3) is 0 Å². The first kappa shape index (κ1) is 13.8. The summed E-state index contributed by atoms with van der Waals surface area (Å²) in [6.07, 6.45) is 1.88. The average molecular weight is 284 g/mol. The fourth-order valence-electron chi connectivity index (χ4n) is 2.18. The van der Waals surface area contributed by atoms with Crippen LogP contribution in [0, 0.1) is 0 Å². The van der Waals surface area contributed by atoms with Gasteiger partial charge in [0, 0.05) is 22.6 Å². The van der Waals surface area contributed by atoms with E-state index in [-0.39, 0.29) is 17.9 Å². The van der Waals surface area contributed by atoms with E-state index in [2.05, 4.69) is 17.4 Å². The largest absolute Gasteiger partial charge is 0.353 e. The molecule has 0 aliphatic carbocycles. The summed E-state index contributed by atoms with van der Waals surface area (Å²) in [7, 11) is 0. The predicted octanol–water partition coefficient (Wildman–Crippen LogP) is 3.40. The maximum absolute atomic E-state index is 12.2. The van der Waals surface area contributed by atoms with Crippen molar-refractivity contribution in [3.63, 3.8) is 0 Å². The minimum Gasteiger partial charge on any atom is -0.353 e. The van der Waals surface area contributed by atoms with Crippen LogP contribution < -0.4 is 5.32 Å². The van der Waals surface area contributed by atoms with Crippen LogP contribution in [-0.2, 0) is 4.79 Å². The van der Waals surface area contributed by atoms with Crippen LogP contribution in [0.1, 0.15) is 31.2 Å². The van der Waals surface area contributed by atoms with Crippen molar-refractivity contribution < 1.29 is 4.79 Å². The highest BCUT2D eigenvalue weighted by Gasteiger charge is 2.29. The first-order valence-electron chi connectivity index (χ1n) is 6.30. The van der Waals surface area contributed by atoms with E-state index in [0.717, 1.165) is 18.6 Å². The first-order chi connectivity index (χ1) is 8.72. The first-order valence-corrected chi connectivity index (χ1v) is 7.82. The van der Waals surface area contributed by atoms with Crippen molar-refractivity contribution in [3.05, 3.63) is 29.8 Å². The Morgan fingerprint density at radius 1 is 1.56 bits per heavy atom. The lowest BCUT2D eigenvalue weighted by molar-refractivity contribution is -0.122. The molecule has 0 bridgehead atoms. The summed E-state index contributed by atoms with van der Waals surface area (Å²) in [6, 6.07) is 8.37. The molecule has 1 aliphatic heterocycles. The van der Waals surface area contributed by atoms with Crippen molar-refractivity contribution in [2.45, 2.75) is 36.6 Å². The van der Waals surface area contributed by atoms with Crippen LogP contribution in [0.3, 0.4) is 0 Å². The molecule has 2 nitrogen and oxygen atoms in total. The Hall–Kier alpha value is -0.670. The van der Waals surface area contributed by atoms with Crippen molar-refractivity contribution in [1.82, 2.24) is 5.32 Å². The van der Waals surface area contributed by atoms with Crippen molar-refractivity contribution in [2.24, 2.45) is 0 Å². The minimum absolute atomic E-state index is 0.00431. The van der Waals surface area contributed by atoms with E-state index in [1.54, 1.807) is 11.8 Å². The molecule has 0 spiro atoms. The quantitative estimate of drug-likeness (QED) is 0.839. The molecule has 2 unspecified atom stereocenters. The molecule has 0 saturated carbocycles. The summed E-state index contributed by atoms with van der Waals surface area (Å²) in [5.74, 6) is 1.66. The molecule has 0 aromatic heterocycles. The molecule has 0 fully saturated rings. The summed E-state index contributed by atoms with van der Waals surface area (Å²) < 4.78 is 0. The Bertz CT molecular complexity index is 424. The molecule has 2 rings (SSSR count). The van der Waals surface area contributed by atoms with Gasteiger partial charge in [-0.2, -0.15) is 0 Å².